The molecule has 0 radical (unpaired) electrons. The lowest BCUT2D eigenvalue weighted by Crippen LogP contribution is -2.30. The summed E-state index contributed by atoms with van der Waals surface area (Å²) in [7, 11) is 0. The number of aryl methyl sites for hydroxylation is 3. The van der Waals surface area contributed by atoms with E-state index in [2.05, 4.69) is 19.8 Å². The van der Waals surface area contributed by atoms with Crippen LogP contribution in [0, 0.1) is 6.92 Å². The molecule has 0 unspecified atom stereocenters. The zero-order chi connectivity index (χ0) is 25.4. The van der Waals surface area contributed by atoms with Crippen molar-refractivity contribution >= 4 is 33.3 Å². The maximum atomic E-state index is 12.7. The third kappa shape index (κ3) is 5.21. The van der Waals surface area contributed by atoms with Crippen LogP contribution in [0.25, 0.3) is 15.9 Å². The van der Waals surface area contributed by atoms with Crippen molar-refractivity contribution in [2.45, 2.75) is 75.2 Å². The van der Waals surface area contributed by atoms with Crippen LogP contribution in [0.4, 0.5) is 8.78 Å². The van der Waals surface area contributed by atoms with Gasteiger partial charge < -0.3 is 4.74 Å². The lowest BCUT2D eigenvalue weighted by Gasteiger charge is -2.26. The average molecular weight is 543 g/mol. The Bertz CT molecular complexity index is 1400. The molecule has 1 fully saturated rings. The molecular weight excluding hydrogens is 514 g/mol. The molecule has 0 atom stereocenters. The van der Waals surface area contributed by atoms with Crippen LogP contribution in [0.1, 0.15) is 54.2 Å². The van der Waals surface area contributed by atoms with Crippen molar-refractivity contribution in [3.63, 3.8) is 0 Å². The molecule has 1 aromatic carbocycles. The smallest absolute Gasteiger partial charge is 0.387 e. The van der Waals surface area contributed by atoms with Gasteiger partial charge in [-0.3, -0.25) is 9.47 Å². The molecule has 1 aliphatic carbocycles. The van der Waals surface area contributed by atoms with Gasteiger partial charge in [-0.05, 0) is 100 Å². The van der Waals surface area contributed by atoms with Gasteiger partial charge in [0.1, 0.15) is 21.4 Å². The number of halogens is 2. The predicted octanol–water partition coefficient (Wildman–Crippen LogP) is 6.20. The molecule has 37 heavy (non-hydrogen) atoms. The van der Waals surface area contributed by atoms with Gasteiger partial charge in [0.15, 0.2) is 5.82 Å². The molecule has 0 saturated carbocycles. The third-order valence-electron chi connectivity index (χ3n) is 6.92. The molecular formula is C26H28F2N6OS2. The maximum Gasteiger partial charge on any atom is 0.387 e. The molecule has 0 spiro atoms. The number of aromatic nitrogens is 5. The van der Waals surface area contributed by atoms with Crippen LogP contribution in [0.5, 0.6) is 5.75 Å². The molecule has 4 heterocycles. The summed E-state index contributed by atoms with van der Waals surface area (Å²) in [4.78, 5) is 14.5. The lowest BCUT2D eigenvalue weighted by atomic mass is 9.97. The average Bonchev–Trinajstić information content (AvgIpc) is 3.45. The summed E-state index contributed by atoms with van der Waals surface area (Å²) < 4.78 is 32.0. The number of thiophene rings is 1. The van der Waals surface area contributed by atoms with E-state index in [9.17, 15) is 8.78 Å². The Balaban J connectivity index is 1.40. The molecule has 6 rings (SSSR count). The SMILES string of the molecule is Cc1nc(Sc2nnc(CN3CCCCC3)n2-c2ccc(OC(F)F)cc2)c2c3c(sc2n1)CCCC3. The van der Waals surface area contributed by atoms with Gasteiger partial charge in [-0.15, -0.1) is 21.5 Å². The van der Waals surface area contributed by atoms with Gasteiger partial charge in [-0.2, -0.15) is 8.78 Å². The lowest BCUT2D eigenvalue weighted by molar-refractivity contribution is -0.0498. The van der Waals surface area contributed by atoms with E-state index in [0.717, 1.165) is 58.5 Å². The normalized spacial score (nSPS) is 16.4. The van der Waals surface area contributed by atoms with Gasteiger partial charge in [0, 0.05) is 16.0 Å². The van der Waals surface area contributed by atoms with Crippen molar-refractivity contribution in [1.29, 1.82) is 0 Å². The van der Waals surface area contributed by atoms with Gasteiger partial charge >= 0.3 is 6.61 Å². The summed E-state index contributed by atoms with van der Waals surface area (Å²) >= 11 is 3.29. The Morgan fingerprint density at radius 2 is 1.78 bits per heavy atom. The zero-order valence-corrected chi connectivity index (χ0v) is 22.3. The summed E-state index contributed by atoms with van der Waals surface area (Å²) in [6.45, 7) is 1.80. The Hall–Kier alpha value is -2.63. The van der Waals surface area contributed by atoms with Crippen molar-refractivity contribution in [3.8, 4) is 11.4 Å². The molecule has 194 valence electrons. The fraction of sp³-hybridized carbons (Fsp3) is 0.462. The van der Waals surface area contributed by atoms with Crippen molar-refractivity contribution in [2.75, 3.05) is 13.1 Å². The van der Waals surface area contributed by atoms with E-state index in [0.29, 0.717) is 11.7 Å². The first kappa shape index (κ1) is 24.7. The number of fused-ring (bicyclic) bond motifs is 3. The minimum absolute atomic E-state index is 0.122. The first-order valence-corrected chi connectivity index (χ1v) is 14.4. The van der Waals surface area contributed by atoms with Crippen molar-refractivity contribution in [2.24, 2.45) is 0 Å². The quantitative estimate of drug-likeness (QED) is 0.258. The highest BCUT2D eigenvalue weighted by molar-refractivity contribution is 7.99. The van der Waals surface area contributed by atoms with E-state index in [1.54, 1.807) is 35.6 Å². The molecule has 11 heteroatoms. The second-order valence-electron chi connectivity index (χ2n) is 9.51. The molecule has 0 bridgehead atoms. The van der Waals surface area contributed by atoms with Crippen molar-refractivity contribution in [3.05, 3.63) is 46.4 Å². The standard InChI is InChI=1S/C26H28F2N6OS2/c1-16-29-23-22(19-7-3-4-8-20(19)36-23)24(30-16)37-26-32-31-21(15-33-13-5-2-6-14-33)34(26)17-9-11-18(12-10-17)35-25(27)28/h9-12,25H,2-8,13-15H2,1H3. The number of piperidine rings is 1. The number of likely N-dealkylation sites (tertiary alicyclic amines) is 1. The maximum absolute atomic E-state index is 12.7. The second kappa shape index (κ2) is 10.6. The molecule has 1 saturated heterocycles. The number of benzene rings is 1. The summed E-state index contributed by atoms with van der Waals surface area (Å²) in [5, 5.41) is 11.9. The molecule has 2 aliphatic rings. The fourth-order valence-corrected chi connectivity index (χ4v) is 7.64. The Labute approximate surface area is 222 Å². The molecule has 3 aromatic heterocycles. The molecule has 0 N–H and O–H groups in total. The highest BCUT2D eigenvalue weighted by atomic mass is 32.2. The summed E-state index contributed by atoms with van der Waals surface area (Å²) in [6.07, 6.45) is 8.16. The van der Waals surface area contributed by atoms with Gasteiger partial charge in [-0.25, -0.2) is 9.97 Å². The van der Waals surface area contributed by atoms with Gasteiger partial charge in [0.05, 0.1) is 6.54 Å². The van der Waals surface area contributed by atoms with Crippen LogP contribution in [-0.4, -0.2) is 49.3 Å². The summed E-state index contributed by atoms with van der Waals surface area (Å²) in [6, 6.07) is 6.67. The van der Waals surface area contributed by atoms with E-state index < -0.39 is 6.61 Å². The topological polar surface area (TPSA) is 69.0 Å². The van der Waals surface area contributed by atoms with Crippen LogP contribution in [0.3, 0.4) is 0 Å². The van der Waals surface area contributed by atoms with E-state index in [1.165, 1.54) is 54.3 Å². The van der Waals surface area contributed by atoms with E-state index in [-0.39, 0.29) is 5.75 Å². The Morgan fingerprint density at radius 3 is 2.57 bits per heavy atom. The Kier molecular flexibility index (Phi) is 7.09. The highest BCUT2D eigenvalue weighted by Crippen LogP contribution is 2.41. The molecule has 1 aliphatic heterocycles. The van der Waals surface area contributed by atoms with Crippen LogP contribution in [-0.2, 0) is 19.4 Å². The first-order chi connectivity index (χ1) is 18.0. The van der Waals surface area contributed by atoms with Crippen LogP contribution < -0.4 is 4.74 Å². The predicted molar refractivity (Wildman–Crippen MR) is 140 cm³/mol. The fourth-order valence-electron chi connectivity index (χ4n) is 5.21. The van der Waals surface area contributed by atoms with E-state index in [4.69, 9.17) is 9.97 Å². The number of ether oxygens (including phenoxy) is 1. The Morgan fingerprint density at radius 1 is 1.00 bits per heavy atom. The van der Waals surface area contributed by atoms with E-state index in [1.807, 2.05) is 11.5 Å². The minimum Gasteiger partial charge on any atom is -0.435 e. The minimum atomic E-state index is -2.86. The van der Waals surface area contributed by atoms with Gasteiger partial charge in [-0.1, -0.05) is 6.42 Å². The number of hydrogen-bond donors (Lipinski definition) is 0. The number of nitrogens with zero attached hydrogens (tertiary/aromatic N) is 6. The van der Waals surface area contributed by atoms with E-state index >= 15 is 0 Å². The monoisotopic (exact) mass is 542 g/mol. The van der Waals surface area contributed by atoms with Crippen LogP contribution >= 0.6 is 23.1 Å². The molecule has 0 amide bonds. The van der Waals surface area contributed by atoms with Crippen LogP contribution in [0.2, 0.25) is 0 Å². The van der Waals surface area contributed by atoms with Crippen molar-refractivity contribution < 1.29 is 13.5 Å². The van der Waals surface area contributed by atoms with Crippen LogP contribution in [0.15, 0.2) is 34.4 Å². The van der Waals surface area contributed by atoms with Crippen molar-refractivity contribution in [1.82, 2.24) is 29.6 Å². The number of rotatable bonds is 7. The number of alkyl halides is 2. The zero-order valence-electron chi connectivity index (χ0n) is 20.6. The van der Waals surface area contributed by atoms with Gasteiger partial charge in [0.2, 0.25) is 5.16 Å². The molecule has 7 nitrogen and oxygen atoms in total. The van der Waals surface area contributed by atoms with Gasteiger partial charge in [0.25, 0.3) is 0 Å². The largest absolute Gasteiger partial charge is 0.435 e. The highest BCUT2D eigenvalue weighted by Gasteiger charge is 2.24. The first-order valence-electron chi connectivity index (χ1n) is 12.7. The number of hydrogen-bond acceptors (Lipinski definition) is 8. The second-order valence-corrected chi connectivity index (χ2v) is 11.6. The third-order valence-corrected chi connectivity index (χ3v) is 9.04. The molecule has 4 aromatic rings. The summed E-state index contributed by atoms with van der Waals surface area (Å²) in [5.41, 5.74) is 2.18. The summed E-state index contributed by atoms with van der Waals surface area (Å²) in [5.74, 6) is 1.68.